The van der Waals surface area contributed by atoms with Gasteiger partial charge in [0.1, 0.15) is 5.92 Å². The largest absolute Gasteiger partial charge is 0.463 e. The van der Waals surface area contributed by atoms with Gasteiger partial charge in [-0.25, -0.2) is 0 Å². The van der Waals surface area contributed by atoms with Crippen molar-refractivity contribution in [3.8, 4) is 0 Å². The van der Waals surface area contributed by atoms with E-state index in [0.29, 0.717) is 12.0 Å². The molecule has 0 fully saturated rings. The van der Waals surface area contributed by atoms with Crippen molar-refractivity contribution in [1.29, 1.82) is 0 Å². The highest BCUT2D eigenvalue weighted by Gasteiger charge is 2.46. The number of aliphatic hydroxyl groups excluding tert-OH is 1. The van der Waals surface area contributed by atoms with E-state index >= 15 is 0 Å². The van der Waals surface area contributed by atoms with Gasteiger partial charge in [0, 0.05) is 0 Å². The van der Waals surface area contributed by atoms with Gasteiger partial charge in [-0.2, -0.15) is 0 Å². The molecule has 3 atom stereocenters. The molecule has 2 rings (SSSR count). The lowest BCUT2D eigenvalue weighted by Gasteiger charge is -2.34. The predicted molar refractivity (Wildman–Crippen MR) is 84.5 cm³/mol. The molecule has 0 saturated heterocycles. The van der Waals surface area contributed by atoms with Crippen LogP contribution in [-0.2, 0) is 25.5 Å². The van der Waals surface area contributed by atoms with Gasteiger partial charge in [0.05, 0.1) is 24.2 Å². The summed E-state index contributed by atoms with van der Waals surface area (Å²) in [4.78, 5) is 24.9. The molecule has 5 heteroatoms. The summed E-state index contributed by atoms with van der Waals surface area (Å²) >= 11 is 0. The first kappa shape index (κ1) is 17.5. The van der Waals surface area contributed by atoms with Gasteiger partial charge in [0.2, 0.25) is 0 Å². The van der Waals surface area contributed by atoms with Crippen LogP contribution in [0.3, 0.4) is 0 Å². The van der Waals surface area contributed by atoms with E-state index in [1.807, 2.05) is 12.1 Å². The Morgan fingerprint density at radius 2 is 1.61 bits per heavy atom. The van der Waals surface area contributed by atoms with E-state index in [9.17, 15) is 14.7 Å². The molecule has 0 aromatic heterocycles. The van der Waals surface area contributed by atoms with Gasteiger partial charge in [-0.3, -0.25) is 9.59 Å². The molecular weight excluding hydrogens is 296 g/mol. The molecule has 0 saturated carbocycles. The number of aliphatic hydroxyl groups is 1. The zero-order chi connectivity index (χ0) is 17.1. The fourth-order valence-electron chi connectivity index (χ4n) is 2.94. The summed E-state index contributed by atoms with van der Waals surface area (Å²) in [6.45, 7) is 6.99. The normalized spacial score (nSPS) is 23.5. The Labute approximate surface area is 136 Å². The molecule has 1 aliphatic rings. The number of benzene rings is 1. The van der Waals surface area contributed by atoms with Crippen molar-refractivity contribution < 1.29 is 24.2 Å². The van der Waals surface area contributed by atoms with Crippen molar-refractivity contribution in [2.75, 3.05) is 0 Å². The maximum Gasteiger partial charge on any atom is 0.313 e. The first-order valence-corrected chi connectivity index (χ1v) is 7.98. The van der Waals surface area contributed by atoms with E-state index in [2.05, 4.69) is 0 Å². The average Bonchev–Trinajstić information content (AvgIpc) is 2.45. The summed E-state index contributed by atoms with van der Waals surface area (Å²) in [5.41, 5.74) is 1.53. The molecule has 0 spiro atoms. The Bertz CT molecular complexity index is 579. The lowest BCUT2D eigenvalue weighted by atomic mass is 9.74. The van der Waals surface area contributed by atoms with Crippen LogP contribution >= 0.6 is 0 Å². The molecule has 0 unspecified atom stereocenters. The highest BCUT2D eigenvalue weighted by atomic mass is 16.6. The number of ether oxygens (including phenoxy) is 2. The number of carbonyl (C=O) groups is 2. The molecule has 1 aromatic carbocycles. The minimum absolute atomic E-state index is 0.279. The van der Waals surface area contributed by atoms with Crippen molar-refractivity contribution in [2.24, 2.45) is 11.8 Å². The molecule has 0 aliphatic heterocycles. The average molecular weight is 320 g/mol. The molecule has 1 aliphatic carbocycles. The van der Waals surface area contributed by atoms with Crippen molar-refractivity contribution in [3.63, 3.8) is 0 Å². The molecule has 126 valence electrons. The van der Waals surface area contributed by atoms with E-state index in [1.54, 1.807) is 39.8 Å². The van der Waals surface area contributed by atoms with Gasteiger partial charge < -0.3 is 14.6 Å². The highest BCUT2D eigenvalue weighted by molar-refractivity contribution is 5.84. The van der Waals surface area contributed by atoms with Gasteiger partial charge in [0.15, 0.2) is 0 Å². The second-order valence-corrected chi connectivity index (χ2v) is 6.45. The molecule has 1 aromatic rings. The number of hydrogen-bond donors (Lipinski definition) is 1. The summed E-state index contributed by atoms with van der Waals surface area (Å²) in [5, 5.41) is 10.6. The smallest absolute Gasteiger partial charge is 0.313 e. The van der Waals surface area contributed by atoms with Crippen LogP contribution in [0.25, 0.3) is 0 Å². The topological polar surface area (TPSA) is 72.8 Å². The van der Waals surface area contributed by atoms with Crippen LogP contribution in [0.4, 0.5) is 0 Å². The maximum atomic E-state index is 12.4. The molecule has 0 radical (unpaired) electrons. The highest BCUT2D eigenvalue weighted by Crippen LogP contribution is 2.39. The minimum Gasteiger partial charge on any atom is -0.463 e. The van der Waals surface area contributed by atoms with Gasteiger partial charge in [-0.15, -0.1) is 0 Å². The third-order valence-electron chi connectivity index (χ3n) is 3.87. The van der Waals surface area contributed by atoms with Crippen molar-refractivity contribution in [3.05, 3.63) is 35.4 Å². The summed E-state index contributed by atoms with van der Waals surface area (Å²) in [5.74, 6) is -2.72. The zero-order valence-corrected chi connectivity index (χ0v) is 14.0. The maximum absolute atomic E-state index is 12.4. The monoisotopic (exact) mass is 320 g/mol. The fourth-order valence-corrected chi connectivity index (χ4v) is 2.94. The number of esters is 2. The summed E-state index contributed by atoms with van der Waals surface area (Å²) in [6, 6.07) is 7.29. The Morgan fingerprint density at radius 3 is 2.22 bits per heavy atom. The molecule has 0 amide bonds. The molecule has 5 nitrogen and oxygen atoms in total. The lowest BCUT2D eigenvalue weighted by Crippen LogP contribution is -2.42. The van der Waals surface area contributed by atoms with Crippen molar-refractivity contribution in [2.45, 2.75) is 52.4 Å². The molecule has 0 bridgehead atoms. The third kappa shape index (κ3) is 3.91. The quantitative estimate of drug-likeness (QED) is 0.863. The van der Waals surface area contributed by atoms with E-state index in [-0.39, 0.29) is 12.2 Å². The molecule has 23 heavy (non-hydrogen) atoms. The van der Waals surface area contributed by atoms with E-state index in [1.165, 1.54) is 0 Å². The Balaban J connectivity index is 2.36. The number of fused-ring (bicyclic) bond motifs is 1. The van der Waals surface area contributed by atoms with Gasteiger partial charge in [-0.1, -0.05) is 24.3 Å². The molecule has 1 N–H and O–H groups in total. The SMILES string of the molecule is CC(C)OC(=O)[C@@H]1[C@H](O)c2ccccc2C[C@H]1C(=O)OC(C)C. The predicted octanol–water partition coefficient (Wildman–Crippen LogP) is 2.41. The van der Waals surface area contributed by atoms with Crippen molar-refractivity contribution in [1.82, 2.24) is 0 Å². The molecule has 0 heterocycles. The first-order valence-electron chi connectivity index (χ1n) is 7.98. The van der Waals surface area contributed by atoms with Gasteiger partial charge in [-0.05, 0) is 45.2 Å². The summed E-state index contributed by atoms with van der Waals surface area (Å²) < 4.78 is 10.5. The fraction of sp³-hybridized carbons (Fsp3) is 0.556. The van der Waals surface area contributed by atoms with Gasteiger partial charge >= 0.3 is 11.9 Å². The standard InChI is InChI=1S/C18H24O5/c1-10(2)22-17(20)14-9-12-7-5-6-8-13(12)16(19)15(14)18(21)23-11(3)4/h5-8,10-11,14-16,19H,9H2,1-4H3/t14-,15+,16-/m1/s1. The number of carbonyl (C=O) groups excluding carboxylic acids is 2. The van der Waals surface area contributed by atoms with E-state index < -0.39 is 29.9 Å². The second kappa shape index (κ2) is 7.13. The van der Waals surface area contributed by atoms with Crippen LogP contribution in [0, 0.1) is 11.8 Å². The second-order valence-electron chi connectivity index (χ2n) is 6.45. The number of hydrogen-bond acceptors (Lipinski definition) is 5. The van der Waals surface area contributed by atoms with E-state index in [4.69, 9.17) is 9.47 Å². The number of rotatable bonds is 4. The van der Waals surface area contributed by atoms with Crippen molar-refractivity contribution >= 4 is 11.9 Å². The zero-order valence-electron chi connectivity index (χ0n) is 14.0. The van der Waals surface area contributed by atoms with Crippen LogP contribution in [0.2, 0.25) is 0 Å². The van der Waals surface area contributed by atoms with E-state index in [0.717, 1.165) is 5.56 Å². The Hall–Kier alpha value is -1.88. The first-order chi connectivity index (χ1) is 10.8. The third-order valence-corrected chi connectivity index (χ3v) is 3.87. The lowest BCUT2D eigenvalue weighted by molar-refractivity contribution is -0.171. The van der Waals surface area contributed by atoms with Crippen LogP contribution in [0.1, 0.15) is 44.9 Å². The minimum atomic E-state index is -1.07. The van der Waals surface area contributed by atoms with Crippen LogP contribution in [0.15, 0.2) is 24.3 Å². The van der Waals surface area contributed by atoms with Crippen LogP contribution < -0.4 is 0 Å². The summed E-state index contributed by atoms with van der Waals surface area (Å²) in [7, 11) is 0. The van der Waals surface area contributed by atoms with Gasteiger partial charge in [0.25, 0.3) is 0 Å². The summed E-state index contributed by atoms with van der Waals surface area (Å²) in [6.07, 6.45) is -1.31. The van der Waals surface area contributed by atoms with Crippen LogP contribution in [0.5, 0.6) is 0 Å². The van der Waals surface area contributed by atoms with Crippen LogP contribution in [-0.4, -0.2) is 29.3 Å². The Kier molecular flexibility index (Phi) is 5.42. The Morgan fingerprint density at radius 1 is 1.04 bits per heavy atom. The molecular formula is C18H24O5.